The fourth-order valence-corrected chi connectivity index (χ4v) is 3.01. The molecule has 1 saturated carbocycles. The first kappa shape index (κ1) is 17.3. The number of aryl methyl sites for hydroxylation is 1. The maximum absolute atomic E-state index is 12.2. The minimum absolute atomic E-state index is 0.0219. The van der Waals surface area contributed by atoms with Crippen molar-refractivity contribution in [3.05, 3.63) is 23.9 Å². The molecule has 1 saturated heterocycles. The average molecular weight is 372 g/mol. The van der Waals surface area contributed by atoms with Gasteiger partial charge in [-0.05, 0) is 25.0 Å². The largest absolute Gasteiger partial charge is 0.442 e. The van der Waals surface area contributed by atoms with Crippen LogP contribution >= 0.6 is 0 Å². The van der Waals surface area contributed by atoms with Crippen molar-refractivity contribution in [2.24, 2.45) is 18.0 Å². The standard InChI is InChI=1S/C18H20N4O5/c1-10(23)19-8-13-9-22(18(25)26-13)12-5-6-14-15(7-12)27-17(21(14)2)20-16(24)11-3-4-11/h5-7,11,13H,3-4,8-9H2,1-2H3,(H,19,23)/t13-/m0/s1. The molecule has 2 aromatic rings. The third-order valence-corrected chi connectivity index (χ3v) is 4.69. The number of oxazole rings is 1. The number of aromatic nitrogens is 1. The lowest BCUT2D eigenvalue weighted by Gasteiger charge is -2.12. The molecule has 1 N–H and O–H groups in total. The first-order valence-corrected chi connectivity index (χ1v) is 8.83. The Morgan fingerprint density at radius 2 is 2.11 bits per heavy atom. The maximum atomic E-state index is 12.2. The van der Waals surface area contributed by atoms with Crippen LogP contribution in [0.25, 0.3) is 11.1 Å². The Morgan fingerprint density at radius 1 is 1.33 bits per heavy atom. The summed E-state index contributed by atoms with van der Waals surface area (Å²) in [5.74, 6) is -0.312. The molecule has 0 unspecified atom stereocenters. The van der Waals surface area contributed by atoms with Gasteiger partial charge < -0.3 is 14.5 Å². The summed E-state index contributed by atoms with van der Waals surface area (Å²) >= 11 is 0. The molecule has 1 aromatic carbocycles. The van der Waals surface area contributed by atoms with Gasteiger partial charge in [-0.3, -0.25) is 19.1 Å². The van der Waals surface area contributed by atoms with E-state index in [2.05, 4.69) is 10.3 Å². The highest BCUT2D eigenvalue weighted by Crippen LogP contribution is 2.30. The Balaban J connectivity index is 1.59. The van der Waals surface area contributed by atoms with Crippen molar-refractivity contribution in [1.82, 2.24) is 9.88 Å². The predicted octanol–water partition coefficient (Wildman–Crippen LogP) is 1.07. The SMILES string of the molecule is CC(=O)NC[C@H]1CN(c2ccc3c(c2)oc(=NC(=O)C2CC2)n3C)C(=O)O1. The second-order valence-electron chi connectivity index (χ2n) is 6.87. The number of carbonyl (C=O) groups excluding carboxylic acids is 3. The molecule has 3 amide bonds. The topological polar surface area (TPSA) is 106 Å². The Morgan fingerprint density at radius 3 is 2.81 bits per heavy atom. The number of rotatable bonds is 4. The molecule has 2 fully saturated rings. The number of amides is 3. The number of hydrogen-bond donors (Lipinski definition) is 1. The van der Waals surface area contributed by atoms with Crippen molar-refractivity contribution >= 4 is 34.7 Å². The van der Waals surface area contributed by atoms with Crippen molar-refractivity contribution in [1.29, 1.82) is 0 Å². The molecule has 1 aromatic heterocycles. The molecule has 9 heteroatoms. The van der Waals surface area contributed by atoms with Crippen LogP contribution in [0.1, 0.15) is 19.8 Å². The lowest BCUT2D eigenvalue weighted by molar-refractivity contribution is -0.120. The Labute approximate surface area is 154 Å². The van der Waals surface area contributed by atoms with Crippen molar-refractivity contribution < 1.29 is 23.5 Å². The van der Waals surface area contributed by atoms with Crippen LogP contribution < -0.4 is 15.9 Å². The summed E-state index contributed by atoms with van der Waals surface area (Å²) < 4.78 is 12.7. The molecule has 0 radical (unpaired) electrons. The highest BCUT2D eigenvalue weighted by Gasteiger charge is 2.33. The minimum atomic E-state index is -0.477. The van der Waals surface area contributed by atoms with Gasteiger partial charge in [0.1, 0.15) is 6.10 Å². The van der Waals surface area contributed by atoms with E-state index in [4.69, 9.17) is 9.15 Å². The molecule has 9 nitrogen and oxygen atoms in total. The summed E-state index contributed by atoms with van der Waals surface area (Å²) in [6, 6.07) is 5.31. The number of nitrogens with one attached hydrogen (secondary N) is 1. The van der Waals surface area contributed by atoms with Crippen LogP contribution in [0.4, 0.5) is 10.5 Å². The van der Waals surface area contributed by atoms with Crippen LogP contribution in [0.15, 0.2) is 27.6 Å². The summed E-state index contributed by atoms with van der Waals surface area (Å²) in [6.07, 6.45) is 0.876. The number of ether oxygens (including phenoxy) is 1. The fraction of sp³-hybridized carbons (Fsp3) is 0.444. The van der Waals surface area contributed by atoms with Crippen molar-refractivity contribution in [2.45, 2.75) is 25.9 Å². The summed E-state index contributed by atoms with van der Waals surface area (Å²) in [5, 5.41) is 2.64. The molecule has 2 aliphatic rings. The van der Waals surface area contributed by atoms with E-state index >= 15 is 0 Å². The number of hydrogen-bond acceptors (Lipinski definition) is 5. The molecule has 1 aliphatic heterocycles. The van der Waals surface area contributed by atoms with E-state index in [0.29, 0.717) is 17.8 Å². The monoisotopic (exact) mass is 372 g/mol. The summed E-state index contributed by atoms with van der Waals surface area (Å²) in [7, 11) is 1.78. The summed E-state index contributed by atoms with van der Waals surface area (Å²) in [6.45, 7) is 2.01. The quantitative estimate of drug-likeness (QED) is 0.864. The van der Waals surface area contributed by atoms with Crippen LogP contribution in [0, 0.1) is 5.92 Å². The molecular weight excluding hydrogens is 352 g/mol. The second-order valence-corrected chi connectivity index (χ2v) is 6.87. The summed E-state index contributed by atoms with van der Waals surface area (Å²) in [4.78, 5) is 40.7. The average Bonchev–Trinajstić information content (AvgIpc) is 3.35. The minimum Gasteiger partial charge on any atom is -0.442 e. The molecule has 4 rings (SSSR count). The number of fused-ring (bicyclic) bond motifs is 1. The molecule has 2 heterocycles. The molecule has 142 valence electrons. The zero-order valence-electron chi connectivity index (χ0n) is 15.1. The molecule has 0 bridgehead atoms. The second kappa shape index (κ2) is 6.57. The normalized spacial score (nSPS) is 20.2. The smallest absolute Gasteiger partial charge is 0.414 e. The van der Waals surface area contributed by atoms with Crippen molar-refractivity contribution in [2.75, 3.05) is 18.0 Å². The summed E-state index contributed by atoms with van der Waals surface area (Å²) in [5.41, 5.74) is 2.15. The van der Waals surface area contributed by atoms with E-state index in [0.717, 1.165) is 18.4 Å². The van der Waals surface area contributed by atoms with E-state index in [1.165, 1.54) is 11.8 Å². The number of nitrogens with zero attached hydrogens (tertiary/aromatic N) is 3. The molecule has 0 spiro atoms. The van der Waals surface area contributed by atoms with Gasteiger partial charge in [0.05, 0.1) is 24.3 Å². The van der Waals surface area contributed by atoms with Crippen molar-refractivity contribution in [3.63, 3.8) is 0 Å². The van der Waals surface area contributed by atoms with Gasteiger partial charge in [0.2, 0.25) is 5.91 Å². The Bertz CT molecular complexity index is 1000. The van der Waals surface area contributed by atoms with Gasteiger partial charge in [0.25, 0.3) is 5.91 Å². The lowest BCUT2D eigenvalue weighted by Crippen LogP contribution is -2.33. The van der Waals surface area contributed by atoms with E-state index < -0.39 is 12.2 Å². The first-order chi connectivity index (χ1) is 12.9. The van der Waals surface area contributed by atoms with Crippen LogP contribution in [0.5, 0.6) is 0 Å². The van der Waals surface area contributed by atoms with E-state index in [-0.39, 0.29) is 30.0 Å². The van der Waals surface area contributed by atoms with E-state index in [9.17, 15) is 14.4 Å². The highest BCUT2D eigenvalue weighted by molar-refractivity contribution is 5.92. The van der Waals surface area contributed by atoms with Crippen LogP contribution in [-0.4, -0.2) is 41.7 Å². The van der Waals surface area contributed by atoms with E-state index in [1.807, 2.05) is 6.07 Å². The predicted molar refractivity (Wildman–Crippen MR) is 94.8 cm³/mol. The van der Waals surface area contributed by atoms with Gasteiger partial charge >= 0.3 is 11.8 Å². The van der Waals surface area contributed by atoms with Gasteiger partial charge in [0, 0.05) is 26.0 Å². The van der Waals surface area contributed by atoms with Gasteiger partial charge in [-0.15, -0.1) is 0 Å². The molecule has 1 aliphatic carbocycles. The van der Waals surface area contributed by atoms with Gasteiger partial charge in [-0.25, -0.2) is 4.79 Å². The highest BCUT2D eigenvalue weighted by atomic mass is 16.6. The number of benzene rings is 1. The maximum Gasteiger partial charge on any atom is 0.414 e. The number of cyclic esters (lactones) is 1. The number of anilines is 1. The van der Waals surface area contributed by atoms with Crippen molar-refractivity contribution in [3.8, 4) is 0 Å². The molecular formula is C18H20N4O5. The third kappa shape index (κ3) is 3.44. The van der Waals surface area contributed by atoms with Crippen LogP contribution in [0.3, 0.4) is 0 Å². The molecule has 1 atom stereocenters. The van der Waals surface area contributed by atoms with Gasteiger partial charge in [-0.1, -0.05) is 0 Å². The van der Waals surface area contributed by atoms with Crippen LogP contribution in [0.2, 0.25) is 0 Å². The number of carbonyl (C=O) groups is 3. The molecule has 27 heavy (non-hydrogen) atoms. The van der Waals surface area contributed by atoms with Gasteiger partial charge in [-0.2, -0.15) is 4.99 Å². The fourth-order valence-electron chi connectivity index (χ4n) is 3.01. The zero-order chi connectivity index (χ0) is 19.1. The Hall–Kier alpha value is -3.10. The lowest BCUT2D eigenvalue weighted by atomic mass is 10.2. The van der Waals surface area contributed by atoms with E-state index in [1.54, 1.807) is 23.7 Å². The zero-order valence-corrected chi connectivity index (χ0v) is 15.1. The third-order valence-electron chi connectivity index (χ3n) is 4.69. The van der Waals surface area contributed by atoms with Gasteiger partial charge in [0.15, 0.2) is 5.58 Å². The van der Waals surface area contributed by atoms with Crippen LogP contribution in [-0.2, 0) is 21.4 Å². The Kier molecular flexibility index (Phi) is 4.21. The first-order valence-electron chi connectivity index (χ1n) is 8.83.